The maximum Gasteiger partial charge on any atom is 0.225 e. The molecule has 5 nitrogen and oxygen atoms in total. The molecule has 0 unspecified atom stereocenters. The van der Waals surface area contributed by atoms with Crippen LogP contribution in [-0.2, 0) is 0 Å². The molecule has 112 valence electrons. The third-order valence-corrected chi connectivity index (χ3v) is 3.79. The predicted octanol–water partition coefficient (Wildman–Crippen LogP) is 1.38. The van der Waals surface area contributed by atoms with Crippen molar-refractivity contribution in [2.45, 2.75) is 26.2 Å². The van der Waals surface area contributed by atoms with Crippen LogP contribution in [0, 0.1) is 0 Å². The van der Waals surface area contributed by atoms with E-state index in [2.05, 4.69) is 32.0 Å². The van der Waals surface area contributed by atoms with Crippen LogP contribution in [0.5, 0.6) is 0 Å². The lowest BCUT2D eigenvalue weighted by Crippen LogP contribution is -2.47. The second-order valence-electron chi connectivity index (χ2n) is 5.29. The van der Waals surface area contributed by atoms with E-state index in [1.54, 1.807) is 0 Å². The lowest BCUT2D eigenvalue weighted by molar-refractivity contribution is 0.251. The third kappa shape index (κ3) is 5.06. The van der Waals surface area contributed by atoms with Crippen molar-refractivity contribution in [3.8, 4) is 0 Å². The van der Waals surface area contributed by atoms with Crippen molar-refractivity contribution in [2.75, 3.05) is 50.7 Å². The average molecular weight is 277 g/mol. The highest BCUT2D eigenvalue weighted by Gasteiger charge is 2.17. The molecule has 0 amide bonds. The molecule has 2 heterocycles. The van der Waals surface area contributed by atoms with Crippen LogP contribution in [0.2, 0.25) is 0 Å². The van der Waals surface area contributed by atoms with Crippen LogP contribution in [-0.4, -0.2) is 60.7 Å². The number of hydrogen-bond acceptors (Lipinski definition) is 5. The number of anilines is 1. The molecule has 0 saturated carbocycles. The minimum Gasteiger partial charge on any atom is -0.338 e. The van der Waals surface area contributed by atoms with Gasteiger partial charge in [0.1, 0.15) is 0 Å². The molecule has 0 radical (unpaired) electrons. The van der Waals surface area contributed by atoms with Crippen molar-refractivity contribution in [3.05, 3.63) is 18.5 Å². The van der Waals surface area contributed by atoms with Gasteiger partial charge in [-0.25, -0.2) is 9.97 Å². The molecule has 0 atom stereocenters. The quantitative estimate of drug-likeness (QED) is 0.727. The lowest BCUT2D eigenvalue weighted by Gasteiger charge is -2.34. The predicted molar refractivity (Wildman–Crippen MR) is 83.1 cm³/mol. The smallest absolute Gasteiger partial charge is 0.225 e. The first-order valence-electron chi connectivity index (χ1n) is 7.85. The van der Waals surface area contributed by atoms with Crippen molar-refractivity contribution in [1.29, 1.82) is 0 Å². The summed E-state index contributed by atoms with van der Waals surface area (Å²) in [4.78, 5) is 13.5. The maximum absolute atomic E-state index is 4.32. The molecule has 1 saturated heterocycles. The fraction of sp³-hybridized carbons (Fsp3) is 0.733. The minimum absolute atomic E-state index is 0.873. The molecule has 1 aliphatic heterocycles. The van der Waals surface area contributed by atoms with E-state index in [1.165, 1.54) is 25.8 Å². The van der Waals surface area contributed by atoms with E-state index in [0.717, 1.165) is 45.2 Å². The van der Waals surface area contributed by atoms with Crippen molar-refractivity contribution < 1.29 is 0 Å². The van der Waals surface area contributed by atoms with Gasteiger partial charge in [0.2, 0.25) is 5.95 Å². The average Bonchev–Trinajstić information content (AvgIpc) is 2.52. The van der Waals surface area contributed by atoms with E-state index in [1.807, 2.05) is 18.5 Å². The van der Waals surface area contributed by atoms with Gasteiger partial charge in [0.15, 0.2) is 0 Å². The summed E-state index contributed by atoms with van der Waals surface area (Å²) in [5.74, 6) is 0.873. The van der Waals surface area contributed by atoms with Crippen molar-refractivity contribution >= 4 is 5.95 Å². The summed E-state index contributed by atoms with van der Waals surface area (Å²) in [5.41, 5.74) is 0. The first-order chi connectivity index (χ1) is 9.90. The normalized spacial score (nSPS) is 16.6. The number of piperazine rings is 1. The van der Waals surface area contributed by atoms with Gasteiger partial charge >= 0.3 is 0 Å². The molecular weight excluding hydrogens is 250 g/mol. The fourth-order valence-electron chi connectivity index (χ4n) is 2.56. The molecule has 0 aliphatic carbocycles. The minimum atomic E-state index is 0.873. The van der Waals surface area contributed by atoms with E-state index in [0.29, 0.717) is 0 Å². The van der Waals surface area contributed by atoms with Gasteiger partial charge in [-0.05, 0) is 38.5 Å². The van der Waals surface area contributed by atoms with Crippen LogP contribution < -0.4 is 10.2 Å². The van der Waals surface area contributed by atoms with Gasteiger partial charge in [0.25, 0.3) is 0 Å². The molecule has 0 aromatic carbocycles. The van der Waals surface area contributed by atoms with Gasteiger partial charge in [-0.2, -0.15) is 0 Å². The zero-order valence-electron chi connectivity index (χ0n) is 12.6. The Bertz CT molecular complexity index is 349. The number of hydrogen-bond donors (Lipinski definition) is 1. The Hall–Kier alpha value is -1.20. The van der Waals surface area contributed by atoms with Gasteiger partial charge in [0.05, 0.1) is 0 Å². The second-order valence-corrected chi connectivity index (χ2v) is 5.29. The van der Waals surface area contributed by atoms with Crippen LogP contribution >= 0.6 is 0 Å². The Kier molecular flexibility index (Phi) is 6.74. The molecule has 1 fully saturated rings. The number of nitrogens with zero attached hydrogens (tertiary/aromatic N) is 4. The Morgan fingerprint density at radius 1 is 1.05 bits per heavy atom. The summed E-state index contributed by atoms with van der Waals surface area (Å²) in [6.07, 6.45) is 7.58. The molecule has 2 rings (SSSR count). The van der Waals surface area contributed by atoms with E-state index in [-0.39, 0.29) is 0 Å². The van der Waals surface area contributed by atoms with Crippen molar-refractivity contribution in [1.82, 2.24) is 20.2 Å². The number of unbranched alkanes of at least 4 members (excludes halogenated alkanes) is 2. The molecule has 1 N–H and O–H groups in total. The molecule has 0 spiro atoms. The van der Waals surface area contributed by atoms with Crippen molar-refractivity contribution in [2.24, 2.45) is 0 Å². The first-order valence-corrected chi connectivity index (χ1v) is 7.85. The SMILES string of the molecule is CCNCCCCCN1CCN(c2ncccn2)CC1. The monoisotopic (exact) mass is 277 g/mol. The molecular formula is C15H27N5. The largest absolute Gasteiger partial charge is 0.338 e. The van der Waals surface area contributed by atoms with Crippen molar-refractivity contribution in [3.63, 3.8) is 0 Å². The number of aromatic nitrogens is 2. The molecule has 5 heteroatoms. The molecule has 1 aromatic rings. The topological polar surface area (TPSA) is 44.3 Å². The summed E-state index contributed by atoms with van der Waals surface area (Å²) in [7, 11) is 0. The summed E-state index contributed by atoms with van der Waals surface area (Å²) >= 11 is 0. The van der Waals surface area contributed by atoms with Gasteiger partial charge in [0, 0.05) is 38.6 Å². The lowest BCUT2D eigenvalue weighted by atomic mass is 10.2. The zero-order valence-corrected chi connectivity index (χ0v) is 12.6. The summed E-state index contributed by atoms with van der Waals surface area (Å²) < 4.78 is 0. The fourth-order valence-corrected chi connectivity index (χ4v) is 2.56. The number of nitrogens with one attached hydrogen (secondary N) is 1. The van der Waals surface area contributed by atoms with E-state index < -0.39 is 0 Å². The highest BCUT2D eigenvalue weighted by molar-refractivity contribution is 5.29. The Labute approximate surface area is 122 Å². The van der Waals surface area contributed by atoms with Crippen LogP contribution in [0.1, 0.15) is 26.2 Å². The van der Waals surface area contributed by atoms with Crippen LogP contribution in [0.3, 0.4) is 0 Å². The van der Waals surface area contributed by atoms with Gasteiger partial charge in [-0.1, -0.05) is 13.3 Å². The molecule has 20 heavy (non-hydrogen) atoms. The van der Waals surface area contributed by atoms with Crippen LogP contribution in [0.15, 0.2) is 18.5 Å². The standard InChI is InChI=1S/C15H27N5/c1-2-16-7-4-3-5-10-19-11-13-20(14-12-19)15-17-8-6-9-18-15/h6,8-9,16H,2-5,7,10-14H2,1H3. The maximum atomic E-state index is 4.32. The molecule has 0 bridgehead atoms. The van der Waals surface area contributed by atoms with Gasteiger partial charge in [-0.3, -0.25) is 4.90 Å². The van der Waals surface area contributed by atoms with Crippen LogP contribution in [0.4, 0.5) is 5.95 Å². The molecule has 1 aromatic heterocycles. The highest BCUT2D eigenvalue weighted by Crippen LogP contribution is 2.10. The van der Waals surface area contributed by atoms with Gasteiger partial charge < -0.3 is 10.2 Å². The second kappa shape index (κ2) is 8.87. The van der Waals surface area contributed by atoms with E-state index >= 15 is 0 Å². The molecule has 1 aliphatic rings. The van der Waals surface area contributed by atoms with E-state index in [9.17, 15) is 0 Å². The van der Waals surface area contributed by atoms with E-state index in [4.69, 9.17) is 0 Å². The summed E-state index contributed by atoms with van der Waals surface area (Å²) in [6, 6.07) is 1.87. The van der Waals surface area contributed by atoms with Crippen LogP contribution in [0.25, 0.3) is 0 Å². The summed E-state index contributed by atoms with van der Waals surface area (Å²) in [5, 5.41) is 3.38. The van der Waals surface area contributed by atoms with Gasteiger partial charge in [-0.15, -0.1) is 0 Å². The zero-order chi connectivity index (χ0) is 14.0. The number of rotatable bonds is 8. The Morgan fingerprint density at radius 2 is 1.80 bits per heavy atom. The third-order valence-electron chi connectivity index (χ3n) is 3.79. The highest BCUT2D eigenvalue weighted by atomic mass is 15.3. The summed E-state index contributed by atoms with van der Waals surface area (Å²) in [6.45, 7) is 9.99. The first kappa shape index (κ1) is 15.2. The Morgan fingerprint density at radius 3 is 2.50 bits per heavy atom. The Balaban J connectivity index is 1.58.